The lowest BCUT2D eigenvalue weighted by Crippen LogP contribution is -2.20. The van der Waals surface area contributed by atoms with Crippen molar-refractivity contribution >= 4 is 9.84 Å². The number of hydrogen-bond acceptors (Lipinski definition) is 3. The van der Waals surface area contributed by atoms with Gasteiger partial charge in [-0.3, -0.25) is 0 Å². The molecular formula is C4H7NO2S. The predicted octanol–water partition coefficient (Wildman–Crippen LogP) is -0.744. The van der Waals surface area contributed by atoms with Crippen molar-refractivity contribution in [1.82, 2.24) is 0 Å². The highest BCUT2D eigenvalue weighted by molar-refractivity contribution is 7.94. The predicted molar refractivity (Wildman–Crippen MR) is 30.9 cm³/mol. The maximum Gasteiger partial charge on any atom is 0.173 e. The molecule has 1 aliphatic heterocycles. The van der Waals surface area contributed by atoms with Crippen LogP contribution >= 0.6 is 0 Å². The third-order valence-electron chi connectivity index (χ3n) is 0.958. The van der Waals surface area contributed by atoms with Crippen LogP contribution in [0.5, 0.6) is 0 Å². The third-order valence-corrected chi connectivity index (χ3v) is 2.38. The largest absolute Gasteiger partial charge is 0.324 e. The second-order valence-electron chi connectivity index (χ2n) is 1.82. The summed E-state index contributed by atoms with van der Waals surface area (Å²) in [5, 5.41) is 1.16. The van der Waals surface area contributed by atoms with Gasteiger partial charge in [-0.25, -0.2) is 8.42 Å². The van der Waals surface area contributed by atoms with Gasteiger partial charge in [0.25, 0.3) is 0 Å². The molecule has 0 radical (unpaired) electrons. The maximum absolute atomic E-state index is 10.5. The van der Waals surface area contributed by atoms with E-state index in [0.29, 0.717) is 0 Å². The molecule has 0 fully saturated rings. The van der Waals surface area contributed by atoms with Crippen LogP contribution in [0, 0.1) is 0 Å². The number of sulfone groups is 1. The van der Waals surface area contributed by atoms with E-state index in [-0.39, 0.29) is 11.8 Å². The molecule has 46 valence electrons. The molecule has 1 heterocycles. The Hall–Kier alpha value is -0.350. The van der Waals surface area contributed by atoms with E-state index in [4.69, 9.17) is 5.73 Å². The summed E-state index contributed by atoms with van der Waals surface area (Å²) in [6.07, 6.45) is 1.50. The fourth-order valence-electron chi connectivity index (χ4n) is 0.600. The van der Waals surface area contributed by atoms with Crippen LogP contribution in [0.25, 0.3) is 0 Å². The van der Waals surface area contributed by atoms with Gasteiger partial charge in [-0.2, -0.15) is 0 Å². The molecule has 1 aliphatic rings. The Bertz CT molecular complexity index is 204. The van der Waals surface area contributed by atoms with Gasteiger partial charge < -0.3 is 5.73 Å². The Kier molecular flexibility index (Phi) is 1.13. The van der Waals surface area contributed by atoms with Gasteiger partial charge in [-0.05, 0) is 0 Å². The van der Waals surface area contributed by atoms with Crippen molar-refractivity contribution < 1.29 is 8.42 Å². The van der Waals surface area contributed by atoms with E-state index in [1.165, 1.54) is 6.08 Å². The van der Waals surface area contributed by atoms with Crippen LogP contribution in [0.4, 0.5) is 0 Å². The molecule has 0 unspecified atom stereocenters. The van der Waals surface area contributed by atoms with Crippen LogP contribution < -0.4 is 5.73 Å². The monoisotopic (exact) mass is 133 g/mol. The maximum atomic E-state index is 10.5. The molecule has 0 saturated carbocycles. The van der Waals surface area contributed by atoms with E-state index >= 15 is 0 Å². The summed E-state index contributed by atoms with van der Waals surface area (Å²) in [4.78, 5) is 0. The van der Waals surface area contributed by atoms with Gasteiger partial charge in [0.15, 0.2) is 9.84 Å². The van der Waals surface area contributed by atoms with Crippen LogP contribution in [0.3, 0.4) is 0 Å². The number of hydrogen-bond donors (Lipinski definition) is 1. The van der Waals surface area contributed by atoms with Gasteiger partial charge in [0.2, 0.25) is 0 Å². The molecule has 0 aromatic carbocycles. The van der Waals surface area contributed by atoms with E-state index in [0.717, 1.165) is 5.41 Å². The van der Waals surface area contributed by atoms with Crippen LogP contribution in [0.2, 0.25) is 0 Å². The number of rotatable bonds is 0. The highest BCUT2D eigenvalue weighted by Crippen LogP contribution is 2.04. The lowest BCUT2D eigenvalue weighted by Gasteiger charge is -1.91. The minimum Gasteiger partial charge on any atom is -0.324 e. The zero-order valence-electron chi connectivity index (χ0n) is 4.24. The smallest absolute Gasteiger partial charge is 0.173 e. The van der Waals surface area contributed by atoms with E-state index < -0.39 is 9.84 Å². The zero-order chi connectivity index (χ0) is 6.20. The first-order valence-electron chi connectivity index (χ1n) is 2.27. The van der Waals surface area contributed by atoms with Gasteiger partial charge >= 0.3 is 0 Å². The molecule has 1 atom stereocenters. The third kappa shape index (κ3) is 1.08. The molecule has 0 aliphatic carbocycles. The molecule has 1 rings (SSSR count). The summed E-state index contributed by atoms with van der Waals surface area (Å²) in [7, 11) is -2.90. The normalized spacial score (nSPS) is 33.4. The fraction of sp³-hybridized carbons (Fsp3) is 0.500. The van der Waals surface area contributed by atoms with E-state index in [1.807, 2.05) is 0 Å². The Morgan fingerprint density at radius 3 is 2.38 bits per heavy atom. The SMILES string of the molecule is N[C@@H]1C=CS(=O)(=O)C1. The Labute approximate surface area is 48.1 Å². The summed E-state index contributed by atoms with van der Waals surface area (Å²) in [6.45, 7) is 0. The molecule has 0 spiro atoms. The van der Waals surface area contributed by atoms with Gasteiger partial charge in [0.1, 0.15) is 0 Å². The van der Waals surface area contributed by atoms with Crippen molar-refractivity contribution in [3.8, 4) is 0 Å². The summed E-state index contributed by atoms with van der Waals surface area (Å²) in [5.74, 6) is 0.0764. The standard InChI is InChI=1S/C4H7NO2S/c5-4-1-2-8(6,7)3-4/h1-2,4H,3,5H2/t4-/m1/s1. The average Bonchev–Trinajstić information content (AvgIpc) is 1.82. The summed E-state index contributed by atoms with van der Waals surface area (Å²) < 4.78 is 20.9. The molecule has 8 heavy (non-hydrogen) atoms. The minimum atomic E-state index is -2.90. The summed E-state index contributed by atoms with van der Waals surface area (Å²) in [5.41, 5.74) is 5.24. The van der Waals surface area contributed by atoms with Crippen molar-refractivity contribution in [2.45, 2.75) is 6.04 Å². The summed E-state index contributed by atoms with van der Waals surface area (Å²) >= 11 is 0. The molecule has 0 bridgehead atoms. The van der Waals surface area contributed by atoms with Crippen LogP contribution in [-0.2, 0) is 9.84 Å². The van der Waals surface area contributed by atoms with Gasteiger partial charge in [-0.15, -0.1) is 0 Å². The molecule has 0 amide bonds. The topological polar surface area (TPSA) is 60.2 Å². The molecule has 0 saturated heterocycles. The second-order valence-corrected chi connectivity index (χ2v) is 3.75. The molecular weight excluding hydrogens is 126 g/mol. The molecule has 0 aromatic rings. The first-order chi connectivity index (χ1) is 3.60. The second kappa shape index (κ2) is 1.56. The number of nitrogens with two attached hydrogens (primary N) is 1. The van der Waals surface area contributed by atoms with Crippen molar-refractivity contribution in [2.75, 3.05) is 5.75 Å². The molecule has 3 nitrogen and oxygen atoms in total. The fourth-order valence-corrected chi connectivity index (χ4v) is 1.80. The van der Waals surface area contributed by atoms with Gasteiger partial charge in [-0.1, -0.05) is 6.08 Å². The van der Waals surface area contributed by atoms with Crippen LogP contribution in [0.15, 0.2) is 11.5 Å². The van der Waals surface area contributed by atoms with E-state index in [2.05, 4.69) is 0 Å². The van der Waals surface area contributed by atoms with Crippen molar-refractivity contribution in [2.24, 2.45) is 5.73 Å². The van der Waals surface area contributed by atoms with Crippen LogP contribution in [-0.4, -0.2) is 20.2 Å². The lowest BCUT2D eigenvalue weighted by atomic mass is 10.4. The minimum absolute atomic E-state index is 0.0764. The first-order valence-corrected chi connectivity index (χ1v) is 3.98. The quantitative estimate of drug-likeness (QED) is 0.473. The molecule has 4 heteroatoms. The Morgan fingerprint density at radius 1 is 1.62 bits per heavy atom. The average molecular weight is 133 g/mol. The highest BCUT2D eigenvalue weighted by atomic mass is 32.2. The van der Waals surface area contributed by atoms with E-state index in [9.17, 15) is 8.42 Å². The first kappa shape index (κ1) is 5.78. The highest BCUT2D eigenvalue weighted by Gasteiger charge is 2.16. The summed E-state index contributed by atoms with van der Waals surface area (Å²) in [6, 6.07) is -0.278. The van der Waals surface area contributed by atoms with E-state index in [1.54, 1.807) is 0 Å². The van der Waals surface area contributed by atoms with Crippen LogP contribution in [0.1, 0.15) is 0 Å². The Morgan fingerprint density at radius 2 is 2.25 bits per heavy atom. The van der Waals surface area contributed by atoms with Crippen molar-refractivity contribution in [3.63, 3.8) is 0 Å². The zero-order valence-corrected chi connectivity index (χ0v) is 5.06. The molecule has 0 aromatic heterocycles. The molecule has 2 N–H and O–H groups in total. The van der Waals surface area contributed by atoms with Crippen molar-refractivity contribution in [3.05, 3.63) is 11.5 Å². The Balaban J connectivity index is 2.89. The van der Waals surface area contributed by atoms with Crippen molar-refractivity contribution in [1.29, 1.82) is 0 Å². The lowest BCUT2D eigenvalue weighted by molar-refractivity contribution is 0.604. The van der Waals surface area contributed by atoms with Gasteiger partial charge in [0, 0.05) is 11.4 Å². The van der Waals surface area contributed by atoms with Gasteiger partial charge in [0.05, 0.1) is 5.75 Å².